The highest BCUT2D eigenvalue weighted by Gasteiger charge is 2.19. The molecule has 0 bridgehead atoms. The lowest BCUT2D eigenvalue weighted by atomic mass is 10.0. The molecular weight excluding hydrogens is 301 g/mol. The first-order chi connectivity index (χ1) is 11.1. The highest BCUT2D eigenvalue weighted by molar-refractivity contribution is 5.67. The van der Waals surface area contributed by atoms with Crippen LogP contribution in [-0.2, 0) is 11.3 Å². The second kappa shape index (κ2) is 8.26. The van der Waals surface area contributed by atoms with Gasteiger partial charge in [-0.1, -0.05) is 42.5 Å². The van der Waals surface area contributed by atoms with Gasteiger partial charge in [0.05, 0.1) is 0 Å². The minimum Gasteiger partial charge on any atom is -0.445 e. The standard InChI is InChI=1S/C17H18FNO4/c18-14-8-6-13(7-9-14)16(21)15(20)10-19-17(22)23-11-12-4-2-1-3-5-12/h1-9,15-16,20-21H,10-11H2,(H,19,22). The van der Waals surface area contributed by atoms with Crippen molar-refractivity contribution < 1.29 is 24.1 Å². The average Bonchev–Trinajstić information content (AvgIpc) is 2.58. The summed E-state index contributed by atoms with van der Waals surface area (Å²) >= 11 is 0. The quantitative estimate of drug-likeness (QED) is 0.762. The van der Waals surface area contributed by atoms with Crippen molar-refractivity contribution in [2.45, 2.75) is 18.8 Å². The van der Waals surface area contributed by atoms with Gasteiger partial charge in [-0.2, -0.15) is 0 Å². The zero-order valence-corrected chi connectivity index (χ0v) is 12.4. The van der Waals surface area contributed by atoms with Crippen LogP contribution in [-0.4, -0.2) is 29.0 Å². The van der Waals surface area contributed by atoms with E-state index in [4.69, 9.17) is 4.74 Å². The van der Waals surface area contributed by atoms with E-state index in [1.807, 2.05) is 30.3 Å². The Labute approximate surface area is 133 Å². The normalized spacial score (nSPS) is 13.2. The van der Waals surface area contributed by atoms with Crippen LogP contribution in [0, 0.1) is 5.82 Å². The second-order valence-corrected chi connectivity index (χ2v) is 5.01. The van der Waals surface area contributed by atoms with E-state index in [-0.39, 0.29) is 13.2 Å². The minimum atomic E-state index is -1.23. The Morgan fingerprint density at radius 1 is 1.09 bits per heavy atom. The smallest absolute Gasteiger partial charge is 0.407 e. The average molecular weight is 319 g/mol. The molecule has 2 atom stereocenters. The number of rotatable bonds is 6. The molecule has 0 saturated heterocycles. The summed E-state index contributed by atoms with van der Waals surface area (Å²) in [5.41, 5.74) is 1.20. The first kappa shape index (κ1) is 16.9. The lowest BCUT2D eigenvalue weighted by molar-refractivity contribution is 0.0184. The summed E-state index contributed by atoms with van der Waals surface area (Å²) in [6.07, 6.45) is -3.16. The number of alkyl carbamates (subject to hydrolysis) is 1. The molecule has 6 heteroatoms. The molecule has 2 aromatic rings. The number of aliphatic hydroxyl groups excluding tert-OH is 2. The maximum absolute atomic E-state index is 12.8. The van der Waals surface area contributed by atoms with Crippen LogP contribution in [0.5, 0.6) is 0 Å². The summed E-state index contributed by atoms with van der Waals surface area (Å²) in [5.74, 6) is -0.432. The molecule has 0 heterocycles. The van der Waals surface area contributed by atoms with Crippen LogP contribution in [0.15, 0.2) is 54.6 Å². The number of ether oxygens (including phenoxy) is 1. The van der Waals surface area contributed by atoms with Gasteiger partial charge in [0.1, 0.15) is 24.6 Å². The number of aliphatic hydroxyl groups is 2. The van der Waals surface area contributed by atoms with E-state index in [9.17, 15) is 19.4 Å². The van der Waals surface area contributed by atoms with E-state index < -0.39 is 24.1 Å². The highest BCUT2D eigenvalue weighted by atomic mass is 19.1. The van der Waals surface area contributed by atoms with Crippen molar-refractivity contribution in [1.82, 2.24) is 5.32 Å². The van der Waals surface area contributed by atoms with Gasteiger partial charge in [-0.05, 0) is 23.3 Å². The molecule has 122 valence electrons. The molecule has 1 amide bonds. The highest BCUT2D eigenvalue weighted by Crippen LogP contribution is 2.16. The van der Waals surface area contributed by atoms with Crippen molar-refractivity contribution in [2.24, 2.45) is 0 Å². The largest absolute Gasteiger partial charge is 0.445 e. The number of hydrogen-bond donors (Lipinski definition) is 3. The maximum Gasteiger partial charge on any atom is 0.407 e. The predicted molar refractivity (Wildman–Crippen MR) is 82.0 cm³/mol. The second-order valence-electron chi connectivity index (χ2n) is 5.01. The SMILES string of the molecule is O=C(NCC(O)C(O)c1ccc(F)cc1)OCc1ccccc1. The van der Waals surface area contributed by atoms with E-state index in [1.165, 1.54) is 24.3 Å². The molecule has 0 aliphatic rings. The summed E-state index contributed by atoms with van der Waals surface area (Å²) in [4.78, 5) is 11.5. The van der Waals surface area contributed by atoms with Crippen molar-refractivity contribution in [3.8, 4) is 0 Å². The fraction of sp³-hybridized carbons (Fsp3) is 0.235. The number of amides is 1. The van der Waals surface area contributed by atoms with Gasteiger partial charge in [0.2, 0.25) is 0 Å². The number of carbonyl (C=O) groups excluding carboxylic acids is 1. The zero-order valence-electron chi connectivity index (χ0n) is 12.4. The summed E-state index contributed by atoms with van der Waals surface area (Å²) < 4.78 is 17.8. The molecular formula is C17H18FNO4. The maximum atomic E-state index is 12.8. The van der Waals surface area contributed by atoms with Crippen LogP contribution in [0.1, 0.15) is 17.2 Å². The molecule has 0 radical (unpaired) electrons. The summed E-state index contributed by atoms with van der Waals surface area (Å²) in [6.45, 7) is -0.0740. The van der Waals surface area contributed by atoms with E-state index in [2.05, 4.69) is 5.32 Å². The molecule has 0 saturated carbocycles. The van der Waals surface area contributed by atoms with Crippen LogP contribution in [0.2, 0.25) is 0 Å². The fourth-order valence-corrected chi connectivity index (χ4v) is 1.96. The van der Waals surface area contributed by atoms with E-state index >= 15 is 0 Å². The summed E-state index contributed by atoms with van der Waals surface area (Å²) in [5, 5.41) is 22.2. The molecule has 23 heavy (non-hydrogen) atoms. The van der Waals surface area contributed by atoms with Crippen molar-refractivity contribution in [3.05, 3.63) is 71.5 Å². The van der Waals surface area contributed by atoms with Gasteiger partial charge >= 0.3 is 6.09 Å². The molecule has 5 nitrogen and oxygen atoms in total. The third-order valence-electron chi connectivity index (χ3n) is 3.24. The first-order valence-corrected chi connectivity index (χ1v) is 7.12. The van der Waals surface area contributed by atoms with E-state index in [0.717, 1.165) is 5.56 Å². The van der Waals surface area contributed by atoms with Crippen LogP contribution in [0.3, 0.4) is 0 Å². The zero-order chi connectivity index (χ0) is 16.7. The molecule has 2 unspecified atom stereocenters. The van der Waals surface area contributed by atoms with Gasteiger partial charge in [-0.3, -0.25) is 0 Å². The molecule has 0 aliphatic carbocycles. The van der Waals surface area contributed by atoms with Gasteiger partial charge in [0, 0.05) is 6.54 Å². The van der Waals surface area contributed by atoms with Crippen molar-refractivity contribution >= 4 is 6.09 Å². The number of benzene rings is 2. The summed E-state index contributed by atoms with van der Waals surface area (Å²) in [7, 11) is 0. The van der Waals surface area contributed by atoms with Crippen LogP contribution < -0.4 is 5.32 Å². The van der Waals surface area contributed by atoms with E-state index in [0.29, 0.717) is 5.56 Å². The molecule has 3 N–H and O–H groups in total. The number of nitrogens with one attached hydrogen (secondary N) is 1. The molecule has 0 fully saturated rings. The van der Waals surface area contributed by atoms with Crippen molar-refractivity contribution in [2.75, 3.05) is 6.54 Å². The minimum absolute atomic E-state index is 0.114. The van der Waals surface area contributed by atoms with Gasteiger partial charge in [-0.15, -0.1) is 0 Å². The molecule has 0 aliphatic heterocycles. The van der Waals surface area contributed by atoms with Gasteiger partial charge in [0.25, 0.3) is 0 Å². The third kappa shape index (κ3) is 5.36. The van der Waals surface area contributed by atoms with Crippen molar-refractivity contribution in [1.29, 1.82) is 0 Å². The Morgan fingerprint density at radius 2 is 1.74 bits per heavy atom. The Hall–Kier alpha value is -2.44. The monoisotopic (exact) mass is 319 g/mol. The van der Waals surface area contributed by atoms with Gasteiger partial charge in [0.15, 0.2) is 0 Å². The molecule has 0 aromatic heterocycles. The lowest BCUT2D eigenvalue weighted by Gasteiger charge is -2.18. The first-order valence-electron chi connectivity index (χ1n) is 7.12. The molecule has 2 rings (SSSR count). The van der Waals surface area contributed by atoms with Crippen LogP contribution >= 0.6 is 0 Å². The van der Waals surface area contributed by atoms with Gasteiger partial charge in [-0.25, -0.2) is 9.18 Å². The van der Waals surface area contributed by atoms with Crippen LogP contribution in [0.4, 0.5) is 9.18 Å². The Bertz CT molecular complexity index is 618. The van der Waals surface area contributed by atoms with E-state index in [1.54, 1.807) is 0 Å². The topological polar surface area (TPSA) is 78.8 Å². The van der Waals surface area contributed by atoms with Crippen molar-refractivity contribution in [3.63, 3.8) is 0 Å². The molecule has 0 spiro atoms. The van der Waals surface area contributed by atoms with Gasteiger partial charge < -0.3 is 20.3 Å². The number of carbonyl (C=O) groups is 1. The summed E-state index contributed by atoms with van der Waals surface area (Å²) in [6, 6.07) is 14.3. The fourth-order valence-electron chi connectivity index (χ4n) is 1.96. The Balaban J connectivity index is 1.75. The Morgan fingerprint density at radius 3 is 2.39 bits per heavy atom. The number of hydrogen-bond acceptors (Lipinski definition) is 4. The number of halogens is 1. The predicted octanol–water partition coefficient (Wildman–Crippen LogP) is 2.15. The van der Waals surface area contributed by atoms with Crippen LogP contribution in [0.25, 0.3) is 0 Å². The third-order valence-corrected chi connectivity index (χ3v) is 3.24. The lowest BCUT2D eigenvalue weighted by Crippen LogP contribution is -2.35. The Kier molecular flexibility index (Phi) is 6.08. The molecule has 2 aromatic carbocycles.